The van der Waals surface area contributed by atoms with Crippen molar-refractivity contribution in [3.63, 3.8) is 0 Å². The summed E-state index contributed by atoms with van der Waals surface area (Å²) in [5, 5.41) is 19.6. The third kappa shape index (κ3) is 4.39. The molecule has 0 unspecified atom stereocenters. The molecule has 4 N–H and O–H groups in total. The molecule has 0 radical (unpaired) electrons. The van der Waals surface area contributed by atoms with Gasteiger partial charge in [-0.25, -0.2) is 9.18 Å². The molecule has 0 spiro atoms. The Labute approximate surface area is 143 Å². The summed E-state index contributed by atoms with van der Waals surface area (Å²) < 4.78 is 18.3. The first-order chi connectivity index (χ1) is 11.9. The predicted molar refractivity (Wildman–Crippen MR) is 91.8 cm³/mol. The van der Waals surface area contributed by atoms with E-state index < -0.39 is 17.6 Å². The van der Waals surface area contributed by atoms with Crippen molar-refractivity contribution in [2.24, 2.45) is 10.8 Å². The van der Waals surface area contributed by atoms with Gasteiger partial charge < -0.3 is 10.5 Å². The van der Waals surface area contributed by atoms with E-state index >= 15 is 0 Å². The molecule has 25 heavy (non-hydrogen) atoms. The fourth-order valence-corrected chi connectivity index (χ4v) is 2.00. The molecule has 0 heterocycles. The Hall–Kier alpha value is -3.73. The van der Waals surface area contributed by atoms with Crippen LogP contribution in [-0.4, -0.2) is 24.6 Å². The van der Waals surface area contributed by atoms with E-state index in [0.717, 1.165) is 6.07 Å². The first-order valence-electron chi connectivity index (χ1n) is 7.02. The van der Waals surface area contributed by atoms with E-state index in [2.05, 4.69) is 15.3 Å². The van der Waals surface area contributed by atoms with Crippen LogP contribution >= 0.6 is 0 Å². The van der Waals surface area contributed by atoms with E-state index in [1.165, 1.54) is 19.2 Å². The second-order valence-electron chi connectivity index (χ2n) is 4.90. The highest BCUT2D eigenvalue weighted by Crippen LogP contribution is 2.24. The predicted octanol–water partition coefficient (Wildman–Crippen LogP) is 2.51. The largest absolute Gasteiger partial charge is 0.465 e. The Balaban J connectivity index is 2.26. The third-order valence-electron chi connectivity index (χ3n) is 3.19. The number of anilines is 1. The number of rotatable bonds is 5. The SMILES string of the molecule is COC(=O)c1cc(F)cc(-c2ccc(N/N=C(\C#N)C(=N)N)cc2)c1. The van der Waals surface area contributed by atoms with Crippen molar-refractivity contribution < 1.29 is 13.9 Å². The standard InChI is InChI=1S/C17H14FN5O2/c1-25-17(24)12-6-11(7-13(18)8-12)10-2-4-14(5-3-10)22-23-15(9-19)16(20)21/h2-8,22H,1H3,(H3,20,21)/b23-15+. The molecular weight excluding hydrogens is 325 g/mol. The van der Waals surface area contributed by atoms with Crippen molar-refractivity contribution in [1.82, 2.24) is 0 Å². The fourth-order valence-electron chi connectivity index (χ4n) is 2.00. The molecular formula is C17H14FN5O2. The number of hydrogen-bond donors (Lipinski definition) is 3. The first-order valence-corrected chi connectivity index (χ1v) is 7.02. The number of carbonyl (C=O) groups excluding carboxylic acids is 1. The molecule has 7 nitrogen and oxygen atoms in total. The number of nitrogens with two attached hydrogens (primary N) is 1. The zero-order valence-electron chi connectivity index (χ0n) is 13.2. The van der Waals surface area contributed by atoms with Crippen molar-refractivity contribution >= 4 is 23.2 Å². The molecule has 0 fully saturated rings. The van der Waals surface area contributed by atoms with E-state index in [1.807, 2.05) is 0 Å². The van der Waals surface area contributed by atoms with Crippen LogP contribution in [0.1, 0.15) is 10.4 Å². The summed E-state index contributed by atoms with van der Waals surface area (Å²) in [5.41, 5.74) is 9.40. The molecule has 0 atom stereocenters. The van der Waals surface area contributed by atoms with Gasteiger partial charge in [-0.2, -0.15) is 10.4 Å². The Morgan fingerprint density at radius 3 is 2.52 bits per heavy atom. The normalized spacial score (nSPS) is 10.7. The highest BCUT2D eigenvalue weighted by molar-refractivity contribution is 6.45. The minimum Gasteiger partial charge on any atom is -0.465 e. The maximum Gasteiger partial charge on any atom is 0.337 e. The zero-order valence-corrected chi connectivity index (χ0v) is 13.2. The minimum absolute atomic E-state index is 0.115. The number of ether oxygens (including phenoxy) is 1. The average molecular weight is 339 g/mol. The number of amidine groups is 1. The summed E-state index contributed by atoms with van der Waals surface area (Å²) >= 11 is 0. The lowest BCUT2D eigenvalue weighted by Crippen LogP contribution is -2.21. The Kier molecular flexibility index (Phi) is 5.43. The number of halogens is 1. The van der Waals surface area contributed by atoms with E-state index in [4.69, 9.17) is 16.4 Å². The number of benzene rings is 2. The van der Waals surface area contributed by atoms with Crippen molar-refractivity contribution in [2.75, 3.05) is 12.5 Å². The quantitative estimate of drug-likeness (QED) is 0.334. The summed E-state index contributed by atoms with van der Waals surface area (Å²) in [7, 11) is 1.23. The van der Waals surface area contributed by atoms with Crippen molar-refractivity contribution in [3.05, 3.63) is 53.8 Å². The van der Waals surface area contributed by atoms with Gasteiger partial charge in [-0.05, 0) is 41.5 Å². The molecule has 0 saturated carbocycles. The lowest BCUT2D eigenvalue weighted by atomic mass is 10.0. The van der Waals surface area contributed by atoms with Gasteiger partial charge in [0.1, 0.15) is 11.9 Å². The van der Waals surface area contributed by atoms with Gasteiger partial charge in [0.15, 0.2) is 5.84 Å². The van der Waals surface area contributed by atoms with E-state index in [1.54, 1.807) is 30.3 Å². The van der Waals surface area contributed by atoms with Gasteiger partial charge in [0.2, 0.25) is 5.71 Å². The molecule has 2 aromatic rings. The van der Waals surface area contributed by atoms with E-state index in [0.29, 0.717) is 16.8 Å². The van der Waals surface area contributed by atoms with Gasteiger partial charge in [-0.15, -0.1) is 0 Å². The fraction of sp³-hybridized carbons (Fsp3) is 0.0588. The second-order valence-corrected chi connectivity index (χ2v) is 4.90. The van der Waals surface area contributed by atoms with Gasteiger partial charge in [-0.3, -0.25) is 10.8 Å². The number of hydrazone groups is 1. The summed E-state index contributed by atoms with van der Waals surface area (Å²) in [6, 6.07) is 12.3. The molecule has 0 amide bonds. The monoisotopic (exact) mass is 339 g/mol. The van der Waals surface area contributed by atoms with Crippen LogP contribution < -0.4 is 11.2 Å². The molecule has 2 aromatic carbocycles. The zero-order chi connectivity index (χ0) is 18.4. The number of nitrogens with zero attached hydrogens (tertiary/aromatic N) is 2. The van der Waals surface area contributed by atoms with Gasteiger partial charge in [0, 0.05) is 0 Å². The molecule has 0 aliphatic carbocycles. The number of hydrogen-bond acceptors (Lipinski definition) is 6. The topological polar surface area (TPSA) is 124 Å². The van der Waals surface area contributed by atoms with Gasteiger partial charge >= 0.3 is 5.97 Å². The molecule has 0 aromatic heterocycles. The number of nitrogens with one attached hydrogen (secondary N) is 2. The van der Waals surface area contributed by atoms with Crippen molar-refractivity contribution in [3.8, 4) is 17.2 Å². The summed E-state index contributed by atoms with van der Waals surface area (Å²) in [6.07, 6.45) is 0. The van der Waals surface area contributed by atoms with Crippen LogP contribution in [0.25, 0.3) is 11.1 Å². The molecule has 8 heteroatoms. The number of carbonyl (C=O) groups is 1. The van der Waals surface area contributed by atoms with Crippen molar-refractivity contribution in [2.45, 2.75) is 0 Å². The van der Waals surface area contributed by atoms with Crippen LogP contribution in [0.2, 0.25) is 0 Å². The summed E-state index contributed by atoms with van der Waals surface area (Å²) in [5.74, 6) is -1.62. The Bertz CT molecular complexity index is 885. The van der Waals surface area contributed by atoms with E-state index in [-0.39, 0.29) is 11.3 Å². The van der Waals surface area contributed by atoms with E-state index in [9.17, 15) is 9.18 Å². The molecule has 0 aliphatic heterocycles. The van der Waals surface area contributed by atoms with Crippen LogP contribution in [-0.2, 0) is 4.74 Å². The van der Waals surface area contributed by atoms with Crippen molar-refractivity contribution in [1.29, 1.82) is 10.7 Å². The molecule has 0 saturated heterocycles. The Morgan fingerprint density at radius 1 is 1.28 bits per heavy atom. The maximum absolute atomic E-state index is 13.7. The molecule has 2 rings (SSSR count). The van der Waals surface area contributed by atoms with Crippen LogP contribution in [0, 0.1) is 22.6 Å². The Morgan fingerprint density at radius 2 is 1.96 bits per heavy atom. The lowest BCUT2D eigenvalue weighted by molar-refractivity contribution is 0.0600. The smallest absolute Gasteiger partial charge is 0.337 e. The van der Waals surface area contributed by atoms with Crippen LogP contribution in [0.3, 0.4) is 0 Å². The van der Waals surface area contributed by atoms with Gasteiger partial charge in [0.05, 0.1) is 18.4 Å². The first kappa shape index (κ1) is 17.6. The molecule has 126 valence electrons. The highest BCUT2D eigenvalue weighted by atomic mass is 19.1. The van der Waals surface area contributed by atoms with Gasteiger partial charge in [-0.1, -0.05) is 12.1 Å². The van der Waals surface area contributed by atoms with Crippen LogP contribution in [0.5, 0.6) is 0 Å². The number of methoxy groups -OCH3 is 1. The third-order valence-corrected chi connectivity index (χ3v) is 3.19. The molecule has 0 aliphatic rings. The molecule has 0 bridgehead atoms. The lowest BCUT2D eigenvalue weighted by Gasteiger charge is -2.07. The minimum atomic E-state index is -0.623. The van der Waals surface area contributed by atoms with Crippen LogP contribution in [0.4, 0.5) is 10.1 Å². The summed E-state index contributed by atoms with van der Waals surface area (Å²) in [4.78, 5) is 11.6. The van der Waals surface area contributed by atoms with Gasteiger partial charge in [0.25, 0.3) is 0 Å². The number of esters is 1. The average Bonchev–Trinajstić information content (AvgIpc) is 2.61. The highest BCUT2D eigenvalue weighted by Gasteiger charge is 2.10. The maximum atomic E-state index is 13.7. The number of nitriles is 1. The summed E-state index contributed by atoms with van der Waals surface area (Å²) in [6.45, 7) is 0. The van der Waals surface area contributed by atoms with Crippen LogP contribution in [0.15, 0.2) is 47.6 Å². The second kappa shape index (κ2) is 7.70.